The van der Waals surface area contributed by atoms with Gasteiger partial charge in [-0.25, -0.2) is 4.18 Å². The summed E-state index contributed by atoms with van der Waals surface area (Å²) in [5.74, 6) is -3.00. The van der Waals surface area contributed by atoms with Gasteiger partial charge in [0.05, 0.1) is 26.4 Å². The van der Waals surface area contributed by atoms with Crippen LogP contribution >= 0.6 is 0 Å². The molecule has 4 rings (SSSR count). The minimum atomic E-state index is -5.14. The molecule has 4 unspecified atom stereocenters. The Labute approximate surface area is 353 Å². The number of aliphatic hydroxyl groups is 9. The smallest absolute Gasteiger partial charge is 0.394 e. The number of likely N-dealkylation sites (N-methyl/N-ethyl adjacent to an activating group) is 1. The van der Waals surface area contributed by atoms with Gasteiger partial charge in [0.15, 0.2) is 25.2 Å². The van der Waals surface area contributed by atoms with Crippen LogP contribution in [0.2, 0.25) is 0 Å². The molecule has 4 aliphatic heterocycles. The van der Waals surface area contributed by atoms with Crippen LogP contribution in [0.5, 0.6) is 0 Å². The third-order valence-electron chi connectivity index (χ3n) is 10.6. The molecule has 0 saturated carbocycles. The van der Waals surface area contributed by atoms with E-state index in [2.05, 4.69) is 20.1 Å². The first kappa shape index (κ1) is 51.7. The van der Waals surface area contributed by atoms with E-state index in [4.69, 9.17) is 37.7 Å². The summed E-state index contributed by atoms with van der Waals surface area (Å²) in [6.07, 6.45) is -28.7. The maximum absolute atomic E-state index is 12.5. The lowest BCUT2D eigenvalue weighted by atomic mass is 9.93. The average molecular weight is 925 g/mol. The first-order valence-electron chi connectivity index (χ1n) is 19.1. The molecule has 0 aromatic heterocycles. The van der Waals surface area contributed by atoms with Gasteiger partial charge in [0.2, 0.25) is 23.6 Å². The maximum Gasteiger partial charge on any atom is 0.397 e. The molecule has 4 fully saturated rings. The number of nitrogens with one attached hydrogen (secondary N) is 3. The third-order valence-corrected chi connectivity index (χ3v) is 11.0. The largest absolute Gasteiger partial charge is 0.397 e. The van der Waals surface area contributed by atoms with Crippen molar-refractivity contribution in [3.05, 3.63) is 0 Å². The Bertz CT molecular complexity index is 1650. The number of aliphatic hydroxyl groups excluding tert-OH is 9. The van der Waals surface area contributed by atoms with Crippen molar-refractivity contribution in [3.8, 4) is 0 Å². The number of nitrogens with zero attached hydrogens (tertiary/aromatic N) is 1. The number of carbonyl (C=O) groups is 4. The molecule has 4 amide bonds. The molecule has 62 heavy (non-hydrogen) atoms. The highest BCUT2D eigenvalue weighted by Gasteiger charge is 2.56. The van der Waals surface area contributed by atoms with Crippen molar-refractivity contribution < 1.29 is 115 Å². The van der Waals surface area contributed by atoms with Gasteiger partial charge in [-0.3, -0.25) is 23.7 Å². The lowest BCUT2D eigenvalue weighted by Gasteiger charge is -2.51. The number of carbonyl (C=O) groups excluding carboxylic acids is 4. The first-order chi connectivity index (χ1) is 28.9. The van der Waals surface area contributed by atoms with Crippen LogP contribution in [0.15, 0.2) is 0 Å². The number of amides is 4. The highest BCUT2D eigenvalue weighted by molar-refractivity contribution is 7.80. The van der Waals surface area contributed by atoms with E-state index in [1.807, 2.05) is 0 Å². The van der Waals surface area contributed by atoms with Gasteiger partial charge in [-0.1, -0.05) is 0 Å². The maximum atomic E-state index is 12.5. The fraction of sp³-hybridized carbons (Fsp3) is 0.879. The zero-order chi connectivity index (χ0) is 46.5. The molecule has 0 aromatic rings. The Kier molecular flexibility index (Phi) is 18.2. The van der Waals surface area contributed by atoms with Crippen molar-refractivity contribution in [3.63, 3.8) is 0 Å². The predicted molar refractivity (Wildman–Crippen MR) is 195 cm³/mol. The van der Waals surface area contributed by atoms with E-state index in [9.17, 15) is 73.6 Å². The van der Waals surface area contributed by atoms with Crippen LogP contribution in [-0.4, -0.2) is 244 Å². The molecule has 0 aliphatic carbocycles. The summed E-state index contributed by atoms with van der Waals surface area (Å²) in [5, 5.41) is 104. The molecule has 0 bridgehead atoms. The van der Waals surface area contributed by atoms with Crippen LogP contribution in [0.1, 0.15) is 27.7 Å². The van der Waals surface area contributed by atoms with Gasteiger partial charge >= 0.3 is 10.4 Å². The summed E-state index contributed by atoms with van der Waals surface area (Å²) < 4.78 is 77.0. The number of hydrogen-bond donors (Lipinski definition) is 13. The summed E-state index contributed by atoms with van der Waals surface area (Å²) in [4.78, 5) is 50.1. The van der Waals surface area contributed by atoms with E-state index in [1.54, 1.807) is 0 Å². The number of rotatable bonds is 16. The molecule has 20 atom stereocenters. The predicted octanol–water partition coefficient (Wildman–Crippen LogP) is -9.00. The van der Waals surface area contributed by atoms with Crippen LogP contribution < -0.4 is 16.0 Å². The summed E-state index contributed by atoms with van der Waals surface area (Å²) in [6, 6.07) is -6.51. The first-order valence-corrected chi connectivity index (χ1v) is 20.5. The Hall–Kier alpha value is -2.89. The Morgan fingerprint density at radius 3 is 1.35 bits per heavy atom. The van der Waals surface area contributed by atoms with Gasteiger partial charge in [-0.05, 0) is 0 Å². The fourth-order valence-corrected chi connectivity index (χ4v) is 7.83. The van der Waals surface area contributed by atoms with E-state index < -0.39 is 183 Å². The fourth-order valence-electron chi connectivity index (χ4n) is 7.53. The molecular formula is C33H56N4O24S. The Morgan fingerprint density at radius 1 is 0.565 bits per heavy atom. The van der Waals surface area contributed by atoms with Crippen LogP contribution in [0.4, 0.5) is 0 Å². The zero-order valence-corrected chi connectivity index (χ0v) is 34.7. The highest BCUT2D eigenvalue weighted by Crippen LogP contribution is 2.35. The molecule has 4 saturated heterocycles. The Morgan fingerprint density at radius 2 is 0.952 bits per heavy atom. The van der Waals surface area contributed by atoms with Gasteiger partial charge in [0.25, 0.3) is 0 Å². The second kappa shape index (κ2) is 21.9. The van der Waals surface area contributed by atoms with Crippen molar-refractivity contribution in [1.29, 1.82) is 0 Å². The molecule has 29 heteroatoms. The van der Waals surface area contributed by atoms with Crippen molar-refractivity contribution in [2.24, 2.45) is 0 Å². The summed E-state index contributed by atoms with van der Waals surface area (Å²) in [7, 11) is -3.89. The quantitative estimate of drug-likeness (QED) is 0.0639. The van der Waals surface area contributed by atoms with E-state index in [1.165, 1.54) is 7.05 Å². The molecule has 0 aromatic carbocycles. The van der Waals surface area contributed by atoms with E-state index in [-0.39, 0.29) is 0 Å². The SMILES string of the molecule is CC(=O)N[C@@H]1C(O)[C@H](O[C@@H]2O[C@H](CO)[C@@H](O)C(O)[C@@H]2N(C)C(C)=O)[C@@H](CO)O[C@H]1O[C@H]1C(O)[C@H](NC(C)=O)[C@H](O[C@H]2C(O)[C@@H](NC(C)=O)[C@H](O)O[C@@H]2COS(=O)(=O)O)O[C@@H]1CO. The van der Waals surface area contributed by atoms with Gasteiger partial charge in [-0.2, -0.15) is 8.42 Å². The molecule has 28 nitrogen and oxygen atoms in total. The van der Waals surface area contributed by atoms with Crippen molar-refractivity contribution >= 4 is 34.0 Å². The topological polar surface area (TPSA) is 418 Å². The van der Waals surface area contributed by atoms with E-state index >= 15 is 0 Å². The normalized spacial score (nSPS) is 41.5. The standard InChI is InChI=1S/C33H56N4O24S/c1-10(41)34-18-23(46)29(17(55-30(18)50)9-54-62(51,52)53)60-32-19(35-11(2)42)24(47)27(15(7-39)57-32)59-31-20(36-12(3)43)25(48)28(16(8-40)58-31)61-33-21(37(5)13(4)44)26(49)22(45)14(6-38)56-33/h14-33,38-40,45-50H,6-9H2,1-5H3,(H,34,41)(H,35,42)(H,36,43)(H,51,52,53)/t14-,15-,16-,17-,18-,19+,20-,21+,22-,23?,24?,25?,26?,27-,28-,29-,30-,31+,32+,33+/m1/s1. The van der Waals surface area contributed by atoms with Gasteiger partial charge < -0.3 is 100.0 Å². The van der Waals surface area contributed by atoms with Crippen molar-refractivity contribution in [2.45, 2.75) is 150 Å². The lowest BCUT2D eigenvalue weighted by molar-refractivity contribution is -0.363. The van der Waals surface area contributed by atoms with Crippen LogP contribution in [0.25, 0.3) is 0 Å². The Balaban J connectivity index is 1.65. The lowest BCUT2D eigenvalue weighted by Crippen LogP contribution is -2.71. The number of hydrogen-bond acceptors (Lipinski definition) is 23. The number of ether oxygens (including phenoxy) is 7. The molecule has 4 aliphatic rings. The van der Waals surface area contributed by atoms with Crippen LogP contribution in [0.3, 0.4) is 0 Å². The molecule has 13 N–H and O–H groups in total. The van der Waals surface area contributed by atoms with Gasteiger partial charge in [0.1, 0.15) is 97.4 Å². The van der Waals surface area contributed by atoms with Gasteiger partial charge in [0, 0.05) is 34.7 Å². The molecule has 0 spiro atoms. The monoisotopic (exact) mass is 924 g/mol. The summed E-state index contributed by atoms with van der Waals surface area (Å²) >= 11 is 0. The average Bonchev–Trinajstić information content (AvgIpc) is 3.18. The molecule has 4 heterocycles. The molecule has 0 radical (unpaired) electrons. The minimum absolute atomic E-state index is 0.622. The van der Waals surface area contributed by atoms with Crippen LogP contribution in [-0.2, 0) is 66.9 Å². The zero-order valence-electron chi connectivity index (χ0n) is 33.9. The van der Waals surface area contributed by atoms with Crippen molar-refractivity contribution in [1.82, 2.24) is 20.9 Å². The minimum Gasteiger partial charge on any atom is -0.394 e. The highest BCUT2D eigenvalue weighted by atomic mass is 32.3. The van der Waals surface area contributed by atoms with E-state index in [0.717, 1.165) is 32.6 Å². The summed E-state index contributed by atoms with van der Waals surface area (Å²) in [6.45, 7) is 0.322. The second-order valence-corrected chi connectivity index (χ2v) is 16.1. The molecular weight excluding hydrogens is 868 g/mol. The second-order valence-electron chi connectivity index (χ2n) is 15.0. The summed E-state index contributed by atoms with van der Waals surface area (Å²) in [5.41, 5.74) is 0. The third kappa shape index (κ3) is 12.3. The van der Waals surface area contributed by atoms with Gasteiger partial charge in [-0.15, -0.1) is 0 Å². The van der Waals surface area contributed by atoms with Crippen molar-refractivity contribution in [2.75, 3.05) is 33.5 Å². The van der Waals surface area contributed by atoms with E-state index in [0.29, 0.717) is 0 Å². The molecule has 358 valence electrons. The van der Waals surface area contributed by atoms with Crippen LogP contribution in [0, 0.1) is 0 Å².